The first kappa shape index (κ1) is 20.2. The molecule has 1 aromatic carbocycles. The molecule has 1 saturated carbocycles. The van der Waals surface area contributed by atoms with Gasteiger partial charge < -0.3 is 10.2 Å². The Morgan fingerprint density at radius 3 is 2.55 bits per heavy atom. The number of carbonyl (C=O) groups is 1. The van der Waals surface area contributed by atoms with Crippen molar-refractivity contribution in [2.24, 2.45) is 5.92 Å². The Bertz CT molecular complexity index is 1110. The molecule has 0 spiro atoms. The lowest BCUT2D eigenvalue weighted by atomic mass is 9.95. The van der Waals surface area contributed by atoms with Gasteiger partial charge in [-0.3, -0.25) is 14.2 Å². The number of nitrogens with one attached hydrogen (secondary N) is 1. The normalized spacial score (nSPS) is 18.0. The Hall–Kier alpha value is -2.67. The fraction of sp³-hybridized carbons (Fsp3) is 0.458. The van der Waals surface area contributed by atoms with Crippen molar-refractivity contribution in [1.29, 1.82) is 0 Å². The van der Waals surface area contributed by atoms with Gasteiger partial charge in [-0.2, -0.15) is 0 Å². The number of carbonyl (C=O) groups excluding carboxylic acids is 1. The first-order valence-corrected chi connectivity index (χ1v) is 12.1. The second-order valence-corrected chi connectivity index (χ2v) is 9.59. The Kier molecular flexibility index (Phi) is 5.76. The van der Waals surface area contributed by atoms with Crippen LogP contribution < -0.4 is 15.8 Å². The molecule has 0 atom stereocenters. The quantitative estimate of drug-likeness (QED) is 0.661. The number of hydrogen-bond acceptors (Lipinski definition) is 5. The minimum absolute atomic E-state index is 0.0138. The molecule has 2 aliphatic rings. The van der Waals surface area contributed by atoms with Crippen molar-refractivity contribution in [2.45, 2.75) is 51.1 Å². The van der Waals surface area contributed by atoms with Crippen LogP contribution in [0.15, 0.2) is 46.6 Å². The van der Waals surface area contributed by atoms with Crippen molar-refractivity contribution in [3.8, 4) is 0 Å². The van der Waals surface area contributed by atoms with Gasteiger partial charge >= 0.3 is 0 Å². The van der Waals surface area contributed by atoms with Gasteiger partial charge in [-0.15, -0.1) is 11.3 Å². The number of hydrogen-bond donors (Lipinski definition) is 1. The van der Waals surface area contributed by atoms with Gasteiger partial charge in [0.15, 0.2) is 0 Å². The number of fused-ring (bicyclic) bond motifs is 1. The van der Waals surface area contributed by atoms with Gasteiger partial charge in [0.2, 0.25) is 11.9 Å². The average Bonchev–Trinajstić information content (AvgIpc) is 3.48. The lowest BCUT2D eigenvalue weighted by Gasteiger charge is -2.33. The zero-order valence-corrected chi connectivity index (χ0v) is 18.4. The van der Waals surface area contributed by atoms with Gasteiger partial charge in [0.25, 0.3) is 5.56 Å². The summed E-state index contributed by atoms with van der Waals surface area (Å²) in [6.45, 7) is 1.97. The Labute approximate surface area is 185 Å². The second kappa shape index (κ2) is 8.83. The van der Waals surface area contributed by atoms with Gasteiger partial charge in [0.1, 0.15) is 4.70 Å². The highest BCUT2D eigenvalue weighted by Gasteiger charge is 2.29. The van der Waals surface area contributed by atoms with Gasteiger partial charge in [-0.25, -0.2) is 4.98 Å². The van der Waals surface area contributed by atoms with Gasteiger partial charge in [0.05, 0.1) is 12.1 Å². The van der Waals surface area contributed by atoms with Crippen molar-refractivity contribution < 1.29 is 4.79 Å². The number of rotatable bonds is 5. The van der Waals surface area contributed by atoms with Gasteiger partial charge in [-0.1, -0.05) is 43.2 Å². The van der Waals surface area contributed by atoms with E-state index in [9.17, 15) is 9.59 Å². The fourth-order valence-corrected chi connectivity index (χ4v) is 5.59. The smallest absolute Gasteiger partial charge is 0.273 e. The van der Waals surface area contributed by atoms with Crippen LogP contribution in [0, 0.1) is 5.92 Å². The summed E-state index contributed by atoms with van der Waals surface area (Å²) in [5, 5.41) is 5.18. The molecule has 0 unspecified atom stereocenters. The van der Waals surface area contributed by atoms with Crippen LogP contribution in [-0.2, 0) is 11.3 Å². The zero-order chi connectivity index (χ0) is 21.2. The summed E-state index contributed by atoms with van der Waals surface area (Å²) < 4.78 is 2.50. The molecule has 2 fully saturated rings. The van der Waals surface area contributed by atoms with Crippen molar-refractivity contribution in [2.75, 3.05) is 18.0 Å². The molecule has 0 radical (unpaired) electrons. The highest BCUT2D eigenvalue weighted by atomic mass is 32.1. The van der Waals surface area contributed by atoms with E-state index >= 15 is 0 Å². The third kappa shape index (κ3) is 4.24. The summed E-state index contributed by atoms with van der Waals surface area (Å²) in [4.78, 5) is 33.0. The molecule has 3 aromatic rings. The average molecular weight is 437 g/mol. The summed E-state index contributed by atoms with van der Waals surface area (Å²) in [6, 6.07) is 12.3. The van der Waals surface area contributed by atoms with Crippen molar-refractivity contribution in [1.82, 2.24) is 14.9 Å². The van der Waals surface area contributed by atoms with Crippen LogP contribution in [0.25, 0.3) is 10.2 Å². The monoisotopic (exact) mass is 436 g/mol. The summed E-state index contributed by atoms with van der Waals surface area (Å²) in [5.41, 5.74) is 1.85. The molecular formula is C24H28N4O2S. The van der Waals surface area contributed by atoms with Crippen LogP contribution in [-0.4, -0.2) is 34.6 Å². The SMILES string of the molecule is O=C(NC1CCCC1)C1CCN(c2nc3ccsc3c(=O)n2Cc2ccccc2)CC1. The third-order valence-electron chi connectivity index (χ3n) is 6.58. The lowest BCUT2D eigenvalue weighted by Crippen LogP contribution is -2.44. The molecule has 3 heterocycles. The fourth-order valence-electron chi connectivity index (χ4n) is 4.81. The van der Waals surface area contributed by atoms with Crippen molar-refractivity contribution >= 4 is 33.4 Å². The number of anilines is 1. The number of amides is 1. The summed E-state index contributed by atoms with van der Waals surface area (Å²) >= 11 is 1.45. The van der Waals surface area contributed by atoms with Gasteiger partial charge in [0, 0.05) is 25.0 Å². The predicted octanol–water partition coefficient (Wildman–Crippen LogP) is 3.78. The number of benzene rings is 1. The van der Waals surface area contributed by atoms with E-state index < -0.39 is 0 Å². The molecule has 1 amide bonds. The molecule has 162 valence electrons. The summed E-state index contributed by atoms with van der Waals surface area (Å²) in [7, 11) is 0. The Balaban J connectivity index is 1.36. The number of piperidine rings is 1. The first-order valence-electron chi connectivity index (χ1n) is 11.3. The maximum Gasteiger partial charge on any atom is 0.273 e. The number of thiophene rings is 1. The van der Waals surface area contributed by atoms with Gasteiger partial charge in [-0.05, 0) is 42.7 Å². The van der Waals surface area contributed by atoms with E-state index in [4.69, 9.17) is 4.98 Å². The molecule has 2 aromatic heterocycles. The van der Waals surface area contributed by atoms with E-state index in [1.54, 1.807) is 4.57 Å². The third-order valence-corrected chi connectivity index (χ3v) is 7.47. The predicted molar refractivity (Wildman–Crippen MR) is 125 cm³/mol. The molecule has 1 aliphatic heterocycles. The maximum absolute atomic E-state index is 13.3. The highest BCUT2D eigenvalue weighted by molar-refractivity contribution is 7.17. The van der Waals surface area contributed by atoms with E-state index in [2.05, 4.69) is 10.2 Å². The molecule has 1 saturated heterocycles. The minimum Gasteiger partial charge on any atom is -0.353 e. The topological polar surface area (TPSA) is 67.2 Å². The Morgan fingerprint density at radius 1 is 1.06 bits per heavy atom. The minimum atomic E-state index is 0.0138. The van der Waals surface area contributed by atoms with E-state index in [-0.39, 0.29) is 17.4 Å². The van der Waals surface area contributed by atoms with E-state index in [0.29, 0.717) is 17.3 Å². The molecule has 5 rings (SSSR count). The van der Waals surface area contributed by atoms with E-state index in [1.165, 1.54) is 24.2 Å². The molecule has 31 heavy (non-hydrogen) atoms. The summed E-state index contributed by atoms with van der Waals surface area (Å²) in [6.07, 6.45) is 6.25. The van der Waals surface area contributed by atoms with Crippen LogP contribution in [0.4, 0.5) is 5.95 Å². The van der Waals surface area contributed by atoms with Crippen LogP contribution >= 0.6 is 11.3 Å². The molecule has 7 heteroatoms. The molecule has 1 aliphatic carbocycles. The highest BCUT2D eigenvalue weighted by Crippen LogP contribution is 2.26. The second-order valence-electron chi connectivity index (χ2n) is 8.67. The standard InChI is InChI=1S/C24H28N4O2S/c29-22(25-19-8-4-5-9-19)18-10-13-27(14-11-18)24-26-20-12-15-31-21(20)23(30)28(24)16-17-6-2-1-3-7-17/h1-3,6-7,12,15,18-19H,4-5,8-11,13-14,16H2,(H,25,29). The van der Waals surface area contributed by atoms with Crippen LogP contribution in [0.1, 0.15) is 44.1 Å². The lowest BCUT2D eigenvalue weighted by molar-refractivity contribution is -0.126. The van der Waals surface area contributed by atoms with Crippen molar-refractivity contribution in [3.05, 3.63) is 57.7 Å². The van der Waals surface area contributed by atoms with E-state index in [1.807, 2.05) is 41.8 Å². The summed E-state index contributed by atoms with van der Waals surface area (Å²) in [5.74, 6) is 0.972. The molecule has 1 N–H and O–H groups in total. The maximum atomic E-state index is 13.3. The van der Waals surface area contributed by atoms with Crippen LogP contribution in [0.2, 0.25) is 0 Å². The van der Waals surface area contributed by atoms with E-state index in [0.717, 1.165) is 55.8 Å². The molecule has 0 bridgehead atoms. The number of aromatic nitrogens is 2. The first-order chi connectivity index (χ1) is 15.2. The molecule has 6 nitrogen and oxygen atoms in total. The largest absolute Gasteiger partial charge is 0.353 e. The van der Waals surface area contributed by atoms with Crippen molar-refractivity contribution in [3.63, 3.8) is 0 Å². The molecular weight excluding hydrogens is 408 g/mol. The zero-order valence-electron chi connectivity index (χ0n) is 17.6. The van der Waals surface area contributed by atoms with Crippen LogP contribution in [0.3, 0.4) is 0 Å². The Morgan fingerprint density at radius 2 is 1.81 bits per heavy atom. The number of nitrogens with zero attached hydrogens (tertiary/aromatic N) is 3. The van der Waals surface area contributed by atoms with Crippen LogP contribution in [0.5, 0.6) is 0 Å².